The lowest BCUT2D eigenvalue weighted by Gasteiger charge is -2.32. The number of aromatic amines is 1. The van der Waals surface area contributed by atoms with Crippen molar-refractivity contribution < 1.29 is 18.0 Å². The van der Waals surface area contributed by atoms with Gasteiger partial charge in [0.05, 0.1) is 5.56 Å². The average Bonchev–Trinajstić information content (AvgIpc) is 3.67. The molecule has 2 N–H and O–H groups in total. The molecule has 0 saturated carbocycles. The summed E-state index contributed by atoms with van der Waals surface area (Å²) in [6, 6.07) is 6.30. The summed E-state index contributed by atoms with van der Waals surface area (Å²) in [6.45, 7) is 7.03. The topological polar surface area (TPSA) is 78.8 Å². The number of pyridine rings is 1. The van der Waals surface area contributed by atoms with E-state index in [0.717, 1.165) is 63.8 Å². The molecule has 2 aliphatic rings. The van der Waals surface area contributed by atoms with Gasteiger partial charge in [0, 0.05) is 54.7 Å². The SMILES string of the molecule is Cc1c[nH]c2ncc(-c3cc4c(c([C@@H]5CCCN5)c3)CN(C(=O)c3cn(C(C)C)nc3C(F)(F)F)CC4)cc12. The Bertz CT molecular complexity index is 1560. The number of H-pyrrole nitrogens is 1. The third kappa shape index (κ3) is 4.60. The van der Waals surface area contributed by atoms with Crippen LogP contribution in [0.4, 0.5) is 13.2 Å². The first-order valence-electron chi connectivity index (χ1n) is 13.4. The number of rotatable bonds is 4. The molecule has 0 radical (unpaired) electrons. The Labute approximate surface area is 224 Å². The van der Waals surface area contributed by atoms with E-state index >= 15 is 0 Å². The fourth-order valence-electron chi connectivity index (χ4n) is 5.78. The molecule has 0 aliphatic carbocycles. The van der Waals surface area contributed by atoms with Gasteiger partial charge in [-0.15, -0.1) is 0 Å². The molecule has 1 aromatic carbocycles. The number of amides is 1. The first kappa shape index (κ1) is 25.6. The summed E-state index contributed by atoms with van der Waals surface area (Å²) in [7, 11) is 0. The second kappa shape index (κ2) is 9.51. The highest BCUT2D eigenvalue weighted by Gasteiger charge is 2.41. The predicted octanol–water partition coefficient (Wildman–Crippen LogP) is 5.96. The first-order valence-corrected chi connectivity index (χ1v) is 13.4. The molecule has 0 bridgehead atoms. The molecule has 1 fully saturated rings. The van der Waals surface area contributed by atoms with E-state index in [1.807, 2.05) is 19.3 Å². The summed E-state index contributed by atoms with van der Waals surface area (Å²) in [5.74, 6) is -0.633. The van der Waals surface area contributed by atoms with Gasteiger partial charge >= 0.3 is 6.18 Å². The van der Waals surface area contributed by atoms with E-state index in [0.29, 0.717) is 13.0 Å². The summed E-state index contributed by atoms with van der Waals surface area (Å²) in [4.78, 5) is 22.8. The van der Waals surface area contributed by atoms with Gasteiger partial charge in [-0.05, 0) is 86.5 Å². The molecule has 4 aromatic rings. The number of alkyl halides is 3. The highest BCUT2D eigenvalue weighted by atomic mass is 19.4. The number of aryl methyl sites for hydroxylation is 1. The third-order valence-electron chi connectivity index (χ3n) is 7.93. The van der Waals surface area contributed by atoms with Gasteiger partial charge in [-0.25, -0.2) is 4.98 Å². The molecule has 0 unspecified atom stereocenters. The summed E-state index contributed by atoms with van der Waals surface area (Å²) < 4.78 is 42.6. The largest absolute Gasteiger partial charge is 0.435 e. The Hall–Kier alpha value is -3.66. The van der Waals surface area contributed by atoms with Crippen molar-refractivity contribution in [2.24, 2.45) is 0 Å². The molecular formula is C29H31F3N6O. The normalized spacial score (nSPS) is 17.8. The second-order valence-corrected chi connectivity index (χ2v) is 10.9. The van der Waals surface area contributed by atoms with Crippen molar-refractivity contribution in [2.75, 3.05) is 13.1 Å². The van der Waals surface area contributed by atoms with E-state index in [-0.39, 0.29) is 18.6 Å². The van der Waals surface area contributed by atoms with Crippen molar-refractivity contribution in [3.8, 4) is 11.1 Å². The average molecular weight is 537 g/mol. The Morgan fingerprint density at radius 2 is 2.00 bits per heavy atom. The minimum absolute atomic E-state index is 0.133. The maximum Gasteiger partial charge on any atom is 0.435 e. The van der Waals surface area contributed by atoms with E-state index in [2.05, 4.69) is 38.6 Å². The van der Waals surface area contributed by atoms with Gasteiger partial charge in [-0.1, -0.05) is 6.07 Å². The number of hydrogen-bond acceptors (Lipinski definition) is 4. The molecule has 0 spiro atoms. The van der Waals surface area contributed by atoms with Crippen LogP contribution in [0.3, 0.4) is 0 Å². The molecule has 39 heavy (non-hydrogen) atoms. The molecule has 7 nitrogen and oxygen atoms in total. The van der Waals surface area contributed by atoms with Crippen molar-refractivity contribution in [2.45, 2.75) is 64.8 Å². The zero-order chi connectivity index (χ0) is 27.5. The minimum atomic E-state index is -4.71. The smallest absolute Gasteiger partial charge is 0.346 e. The standard InChI is InChI=1S/C29H31F3N6O/c1-16(2)38-15-24(26(36-38)29(30,31)32)28(39)37-8-6-18-9-19(10-22(23(18)14-37)25-5-4-7-33-25)20-11-21-17(3)12-34-27(21)35-13-20/h9-13,15-16,25,33H,4-8,14H2,1-3H3,(H,34,35)/t25-/m0/s1. The van der Waals surface area contributed by atoms with Gasteiger partial charge in [-0.3, -0.25) is 9.48 Å². The summed E-state index contributed by atoms with van der Waals surface area (Å²) in [6.07, 6.45) is 2.92. The number of carbonyl (C=O) groups excluding carboxylic acids is 1. The highest BCUT2D eigenvalue weighted by molar-refractivity contribution is 5.95. The quantitative estimate of drug-likeness (QED) is 0.338. The van der Waals surface area contributed by atoms with Crippen molar-refractivity contribution in [1.82, 2.24) is 30.0 Å². The molecule has 6 rings (SSSR count). The number of fused-ring (bicyclic) bond motifs is 2. The van der Waals surface area contributed by atoms with Gasteiger partial charge in [0.1, 0.15) is 5.65 Å². The number of nitrogens with zero attached hydrogens (tertiary/aromatic N) is 4. The molecule has 204 valence electrons. The number of aromatic nitrogens is 4. The predicted molar refractivity (Wildman–Crippen MR) is 142 cm³/mol. The lowest BCUT2D eigenvalue weighted by molar-refractivity contribution is -0.142. The van der Waals surface area contributed by atoms with Crippen LogP contribution in [0.15, 0.2) is 36.8 Å². The molecular weight excluding hydrogens is 505 g/mol. The molecule has 2 aliphatic heterocycles. The zero-order valence-electron chi connectivity index (χ0n) is 22.2. The van der Waals surface area contributed by atoms with E-state index in [1.54, 1.807) is 13.8 Å². The van der Waals surface area contributed by atoms with Crippen molar-refractivity contribution in [3.63, 3.8) is 0 Å². The van der Waals surface area contributed by atoms with Crippen LogP contribution in [0.2, 0.25) is 0 Å². The van der Waals surface area contributed by atoms with Crippen LogP contribution >= 0.6 is 0 Å². The summed E-state index contributed by atoms with van der Waals surface area (Å²) >= 11 is 0. The van der Waals surface area contributed by atoms with Gasteiger partial charge in [0.25, 0.3) is 5.91 Å². The van der Waals surface area contributed by atoms with Gasteiger partial charge < -0.3 is 15.2 Å². The van der Waals surface area contributed by atoms with Crippen LogP contribution < -0.4 is 5.32 Å². The van der Waals surface area contributed by atoms with E-state index < -0.39 is 23.3 Å². The van der Waals surface area contributed by atoms with Crippen LogP contribution in [0, 0.1) is 6.92 Å². The van der Waals surface area contributed by atoms with E-state index in [1.165, 1.54) is 15.8 Å². The van der Waals surface area contributed by atoms with Crippen molar-refractivity contribution in [1.29, 1.82) is 0 Å². The Balaban J connectivity index is 1.38. The zero-order valence-corrected chi connectivity index (χ0v) is 22.2. The summed E-state index contributed by atoms with van der Waals surface area (Å²) in [5, 5.41) is 8.36. The molecule has 1 amide bonds. The van der Waals surface area contributed by atoms with Crippen LogP contribution in [0.1, 0.15) is 77.1 Å². The maximum absolute atomic E-state index is 13.8. The highest BCUT2D eigenvalue weighted by Crippen LogP contribution is 2.38. The number of benzene rings is 1. The van der Waals surface area contributed by atoms with E-state index in [9.17, 15) is 18.0 Å². The fourth-order valence-corrected chi connectivity index (χ4v) is 5.78. The summed E-state index contributed by atoms with van der Waals surface area (Å²) in [5.41, 5.74) is 5.79. The van der Waals surface area contributed by atoms with Crippen LogP contribution in [-0.2, 0) is 19.1 Å². The first-order chi connectivity index (χ1) is 18.6. The Kier molecular flexibility index (Phi) is 6.25. The fraction of sp³-hybridized carbons (Fsp3) is 0.414. The van der Waals surface area contributed by atoms with Gasteiger partial charge in [-0.2, -0.15) is 18.3 Å². The number of nitrogens with one attached hydrogen (secondary N) is 2. The van der Waals surface area contributed by atoms with Gasteiger partial charge in [0.15, 0.2) is 5.69 Å². The molecule has 3 aromatic heterocycles. The molecule has 10 heteroatoms. The minimum Gasteiger partial charge on any atom is -0.346 e. The second-order valence-electron chi connectivity index (χ2n) is 10.9. The number of carbonyl (C=O) groups is 1. The Morgan fingerprint density at radius 3 is 2.72 bits per heavy atom. The molecule has 1 saturated heterocycles. The number of hydrogen-bond donors (Lipinski definition) is 2. The third-order valence-corrected chi connectivity index (χ3v) is 7.93. The van der Waals surface area contributed by atoms with E-state index in [4.69, 9.17) is 0 Å². The molecule has 1 atom stereocenters. The monoisotopic (exact) mass is 536 g/mol. The lowest BCUT2D eigenvalue weighted by Crippen LogP contribution is -2.37. The number of halogens is 3. The van der Waals surface area contributed by atoms with Crippen LogP contribution in [0.25, 0.3) is 22.2 Å². The Morgan fingerprint density at radius 1 is 1.18 bits per heavy atom. The van der Waals surface area contributed by atoms with Crippen LogP contribution in [0.5, 0.6) is 0 Å². The maximum atomic E-state index is 13.8. The van der Waals surface area contributed by atoms with Gasteiger partial charge in [0.2, 0.25) is 0 Å². The van der Waals surface area contributed by atoms with Crippen molar-refractivity contribution in [3.05, 3.63) is 70.3 Å². The van der Waals surface area contributed by atoms with Crippen molar-refractivity contribution >= 4 is 16.9 Å². The lowest BCUT2D eigenvalue weighted by atomic mass is 9.87. The van der Waals surface area contributed by atoms with Crippen LogP contribution in [-0.4, -0.2) is 43.6 Å². The molecule has 5 heterocycles.